The number of thioether (sulfide) groups is 1. The highest BCUT2D eigenvalue weighted by atomic mass is 32.2. The average molecular weight is 300 g/mol. The summed E-state index contributed by atoms with van der Waals surface area (Å²) in [6.45, 7) is 9.97. The van der Waals surface area contributed by atoms with Gasteiger partial charge in [0, 0.05) is 0 Å². The van der Waals surface area contributed by atoms with Gasteiger partial charge in [-0.05, 0) is 25.2 Å². The van der Waals surface area contributed by atoms with Crippen LogP contribution in [0, 0.1) is 5.41 Å². The standard InChI is InChI=1S/C16H28O3S/c1-6-7-8-9-10-11-12(17)16(5)13(18)20-14(19-16)15(2,3)4/h10-12,14,17H,6-9H2,1-5H3/b11-10+. The van der Waals surface area contributed by atoms with Crippen molar-refractivity contribution in [1.29, 1.82) is 0 Å². The molecule has 1 saturated heterocycles. The average Bonchev–Trinajstić information content (AvgIpc) is 2.66. The third-order valence-electron chi connectivity index (χ3n) is 3.54. The molecule has 0 spiro atoms. The van der Waals surface area contributed by atoms with Crippen LogP contribution < -0.4 is 0 Å². The van der Waals surface area contributed by atoms with Crippen LogP contribution in [0.5, 0.6) is 0 Å². The third-order valence-corrected chi connectivity index (χ3v) is 5.17. The number of hydrogen-bond acceptors (Lipinski definition) is 4. The summed E-state index contributed by atoms with van der Waals surface area (Å²) < 4.78 is 5.88. The summed E-state index contributed by atoms with van der Waals surface area (Å²) in [6.07, 6.45) is 7.21. The van der Waals surface area contributed by atoms with Crippen LogP contribution in [-0.4, -0.2) is 27.4 Å². The summed E-state index contributed by atoms with van der Waals surface area (Å²) in [5, 5.41) is 10.2. The lowest BCUT2D eigenvalue weighted by atomic mass is 9.96. The van der Waals surface area contributed by atoms with E-state index in [1.807, 2.05) is 26.8 Å². The fourth-order valence-corrected chi connectivity index (χ4v) is 3.17. The van der Waals surface area contributed by atoms with Crippen LogP contribution in [0.2, 0.25) is 0 Å². The van der Waals surface area contributed by atoms with Crippen molar-refractivity contribution in [2.24, 2.45) is 5.41 Å². The molecule has 0 aromatic carbocycles. The van der Waals surface area contributed by atoms with Gasteiger partial charge >= 0.3 is 0 Å². The molecule has 0 amide bonds. The normalized spacial score (nSPS) is 29.3. The molecule has 1 rings (SSSR count). The lowest BCUT2D eigenvalue weighted by Crippen LogP contribution is -2.44. The van der Waals surface area contributed by atoms with E-state index in [0.717, 1.165) is 12.8 Å². The van der Waals surface area contributed by atoms with E-state index in [9.17, 15) is 9.90 Å². The van der Waals surface area contributed by atoms with Gasteiger partial charge in [-0.3, -0.25) is 4.79 Å². The maximum absolute atomic E-state index is 12.2. The van der Waals surface area contributed by atoms with Gasteiger partial charge in [-0.25, -0.2) is 0 Å². The number of carbonyl (C=O) groups excluding carboxylic acids is 1. The van der Waals surface area contributed by atoms with Crippen molar-refractivity contribution >= 4 is 16.9 Å². The maximum atomic E-state index is 12.2. The Kier molecular flexibility index (Phi) is 6.29. The zero-order chi connectivity index (χ0) is 15.4. The molecule has 1 heterocycles. The van der Waals surface area contributed by atoms with Gasteiger partial charge < -0.3 is 9.84 Å². The predicted octanol–water partition coefficient (Wildman–Crippen LogP) is 3.90. The number of unbranched alkanes of at least 4 members (excludes halogenated alkanes) is 3. The van der Waals surface area contributed by atoms with E-state index in [1.54, 1.807) is 13.0 Å². The van der Waals surface area contributed by atoms with Crippen LogP contribution in [0.25, 0.3) is 0 Å². The number of hydrogen-bond donors (Lipinski definition) is 1. The molecule has 0 saturated carbocycles. The van der Waals surface area contributed by atoms with Gasteiger partial charge in [0.25, 0.3) is 0 Å². The lowest BCUT2D eigenvalue weighted by Gasteiger charge is -2.30. The second-order valence-corrected chi connectivity index (χ2v) is 7.73. The van der Waals surface area contributed by atoms with Crippen LogP contribution in [0.1, 0.15) is 60.3 Å². The number of carbonyl (C=O) groups is 1. The second-order valence-electron chi connectivity index (χ2n) is 6.70. The minimum absolute atomic E-state index is 0.0804. The van der Waals surface area contributed by atoms with E-state index < -0.39 is 11.7 Å². The van der Waals surface area contributed by atoms with E-state index >= 15 is 0 Å². The zero-order valence-electron chi connectivity index (χ0n) is 13.3. The largest absolute Gasteiger partial charge is 0.385 e. The first-order valence-corrected chi connectivity index (χ1v) is 8.33. The van der Waals surface area contributed by atoms with Crippen molar-refractivity contribution in [1.82, 2.24) is 0 Å². The summed E-state index contributed by atoms with van der Waals surface area (Å²) in [5.74, 6) is 0. The molecule has 1 N–H and O–H groups in total. The number of rotatable bonds is 6. The molecular formula is C16H28O3S. The van der Waals surface area contributed by atoms with E-state index in [4.69, 9.17) is 4.74 Å². The van der Waals surface area contributed by atoms with Crippen molar-refractivity contribution in [2.75, 3.05) is 0 Å². The van der Waals surface area contributed by atoms with E-state index in [-0.39, 0.29) is 16.0 Å². The van der Waals surface area contributed by atoms with Crippen LogP contribution in [0.15, 0.2) is 12.2 Å². The van der Waals surface area contributed by atoms with Crippen molar-refractivity contribution < 1.29 is 14.6 Å². The molecule has 116 valence electrons. The molecule has 3 atom stereocenters. The quantitative estimate of drug-likeness (QED) is 0.597. The molecule has 1 aliphatic heterocycles. The first kappa shape index (κ1) is 17.7. The van der Waals surface area contributed by atoms with Crippen molar-refractivity contribution in [3.63, 3.8) is 0 Å². The summed E-state index contributed by atoms with van der Waals surface area (Å²) >= 11 is 1.20. The number of aliphatic hydroxyl groups excluding tert-OH is 1. The van der Waals surface area contributed by atoms with Crippen molar-refractivity contribution in [3.8, 4) is 0 Å². The fourth-order valence-electron chi connectivity index (χ4n) is 1.97. The number of ether oxygens (including phenoxy) is 1. The molecule has 3 unspecified atom stereocenters. The summed E-state index contributed by atoms with van der Waals surface area (Å²) in [5.41, 5.74) is -1.45. The summed E-state index contributed by atoms with van der Waals surface area (Å²) in [7, 11) is 0. The topological polar surface area (TPSA) is 46.5 Å². The smallest absolute Gasteiger partial charge is 0.226 e. The molecule has 20 heavy (non-hydrogen) atoms. The first-order chi connectivity index (χ1) is 9.21. The monoisotopic (exact) mass is 300 g/mol. The molecule has 3 nitrogen and oxygen atoms in total. The van der Waals surface area contributed by atoms with Gasteiger partial charge in [-0.2, -0.15) is 0 Å². The SMILES string of the molecule is CCCCC/C=C/C(O)C1(C)OC(C(C)(C)C)SC1=O. The van der Waals surface area contributed by atoms with Crippen molar-refractivity contribution in [2.45, 2.75) is 77.4 Å². The molecule has 4 heteroatoms. The highest BCUT2D eigenvalue weighted by Crippen LogP contribution is 2.45. The molecule has 0 aromatic rings. The minimum atomic E-state index is -1.12. The Bertz CT molecular complexity index is 359. The lowest BCUT2D eigenvalue weighted by molar-refractivity contribution is -0.147. The first-order valence-electron chi connectivity index (χ1n) is 7.45. The molecule has 0 aliphatic carbocycles. The Labute approximate surface area is 127 Å². The van der Waals surface area contributed by atoms with E-state index in [1.165, 1.54) is 24.6 Å². The third kappa shape index (κ3) is 4.34. The van der Waals surface area contributed by atoms with Gasteiger partial charge in [0.1, 0.15) is 11.5 Å². The number of aliphatic hydroxyl groups is 1. The van der Waals surface area contributed by atoms with Crippen LogP contribution in [0.3, 0.4) is 0 Å². The van der Waals surface area contributed by atoms with Crippen LogP contribution in [-0.2, 0) is 9.53 Å². The molecular weight excluding hydrogens is 272 g/mol. The Morgan fingerprint density at radius 2 is 2.10 bits per heavy atom. The summed E-state index contributed by atoms with van der Waals surface area (Å²) in [4.78, 5) is 12.2. The zero-order valence-corrected chi connectivity index (χ0v) is 14.1. The molecule has 1 fully saturated rings. The van der Waals surface area contributed by atoms with Crippen molar-refractivity contribution in [3.05, 3.63) is 12.2 Å². The Morgan fingerprint density at radius 1 is 1.45 bits per heavy atom. The highest BCUT2D eigenvalue weighted by molar-refractivity contribution is 8.14. The van der Waals surface area contributed by atoms with Gasteiger partial charge in [0.05, 0.1) is 0 Å². The van der Waals surface area contributed by atoms with E-state index in [2.05, 4.69) is 6.92 Å². The van der Waals surface area contributed by atoms with Gasteiger partial charge in [0.15, 0.2) is 5.60 Å². The minimum Gasteiger partial charge on any atom is -0.385 e. The Balaban J connectivity index is 2.62. The highest BCUT2D eigenvalue weighted by Gasteiger charge is 2.52. The number of allylic oxidation sites excluding steroid dienone is 1. The van der Waals surface area contributed by atoms with Crippen LogP contribution in [0.4, 0.5) is 0 Å². The second kappa shape index (κ2) is 7.10. The Hall–Kier alpha value is -0.320. The van der Waals surface area contributed by atoms with Crippen LogP contribution >= 0.6 is 11.8 Å². The van der Waals surface area contributed by atoms with Gasteiger partial charge in [0.2, 0.25) is 5.12 Å². The Morgan fingerprint density at radius 3 is 2.60 bits per heavy atom. The van der Waals surface area contributed by atoms with Gasteiger partial charge in [-0.15, -0.1) is 0 Å². The summed E-state index contributed by atoms with van der Waals surface area (Å²) in [6, 6.07) is 0. The van der Waals surface area contributed by atoms with E-state index in [0.29, 0.717) is 0 Å². The fraction of sp³-hybridized carbons (Fsp3) is 0.812. The van der Waals surface area contributed by atoms with Gasteiger partial charge in [-0.1, -0.05) is 64.5 Å². The molecule has 1 aliphatic rings. The predicted molar refractivity (Wildman–Crippen MR) is 84.6 cm³/mol. The molecule has 0 aromatic heterocycles. The maximum Gasteiger partial charge on any atom is 0.226 e. The molecule has 0 radical (unpaired) electrons. The molecule has 0 bridgehead atoms.